The lowest BCUT2D eigenvalue weighted by Crippen LogP contribution is -2.05. The number of hydrogen-bond acceptors (Lipinski definition) is 2. The van der Waals surface area contributed by atoms with Crippen LogP contribution < -0.4 is 0 Å². The fourth-order valence-electron chi connectivity index (χ4n) is 2.94. The van der Waals surface area contributed by atoms with Crippen LogP contribution in [0.15, 0.2) is 53.4 Å². The van der Waals surface area contributed by atoms with E-state index < -0.39 is 26.4 Å². The first-order valence-corrected chi connectivity index (χ1v) is 9.33. The quantitative estimate of drug-likeness (QED) is 0.817. The predicted molar refractivity (Wildman–Crippen MR) is 91.2 cm³/mol. The highest BCUT2D eigenvalue weighted by Gasteiger charge is 2.23. The minimum absolute atomic E-state index is 0.336. The van der Waals surface area contributed by atoms with Gasteiger partial charge in [0.2, 0.25) is 0 Å². The van der Waals surface area contributed by atoms with Crippen molar-refractivity contribution in [3.8, 4) is 0 Å². The predicted octanol–water partition coefficient (Wildman–Crippen LogP) is 4.55. The largest absolute Gasteiger partial charge is 0.224 e. The molecule has 0 atom stereocenters. The molecule has 0 saturated carbocycles. The highest BCUT2D eigenvalue weighted by atomic mass is 32.2. The van der Waals surface area contributed by atoms with Crippen LogP contribution in [-0.4, -0.2) is 14.7 Å². The monoisotopic (exact) mass is 346 g/mol. The Morgan fingerprint density at radius 3 is 2.04 bits per heavy atom. The van der Waals surface area contributed by atoms with Crippen molar-refractivity contribution in [3.63, 3.8) is 0 Å². The van der Waals surface area contributed by atoms with Crippen molar-refractivity contribution < 1.29 is 17.2 Å². The molecule has 5 heteroatoms. The highest BCUT2D eigenvalue weighted by Crippen LogP contribution is 2.37. The van der Waals surface area contributed by atoms with Crippen LogP contribution in [0.3, 0.4) is 0 Å². The lowest BCUT2D eigenvalue weighted by Gasteiger charge is -2.12. The van der Waals surface area contributed by atoms with E-state index in [0.717, 1.165) is 35.1 Å². The fourth-order valence-corrected chi connectivity index (χ4v) is 3.77. The molecule has 0 aromatic heterocycles. The van der Waals surface area contributed by atoms with Crippen LogP contribution >= 0.6 is 0 Å². The van der Waals surface area contributed by atoms with Crippen molar-refractivity contribution in [2.75, 3.05) is 6.26 Å². The summed E-state index contributed by atoms with van der Waals surface area (Å²) in [5.74, 6) is -2.13. The molecule has 0 amide bonds. The summed E-state index contributed by atoms with van der Waals surface area (Å²) in [5, 5.41) is 0. The lowest BCUT2D eigenvalue weighted by molar-refractivity contribution is 0.521. The van der Waals surface area contributed by atoms with Crippen LogP contribution in [0, 0.1) is 18.6 Å². The molecule has 0 N–H and O–H groups in total. The van der Waals surface area contributed by atoms with E-state index in [2.05, 4.69) is 0 Å². The molecule has 0 fully saturated rings. The summed E-state index contributed by atoms with van der Waals surface area (Å²) < 4.78 is 51.4. The summed E-state index contributed by atoms with van der Waals surface area (Å²) >= 11 is 0. The van der Waals surface area contributed by atoms with E-state index in [-0.39, 0.29) is 0 Å². The molecule has 3 rings (SSSR count). The molecule has 0 unspecified atom stereocenters. The molecule has 0 spiro atoms. The van der Waals surface area contributed by atoms with Gasteiger partial charge in [0, 0.05) is 6.26 Å². The first kappa shape index (κ1) is 16.6. The Morgan fingerprint density at radius 2 is 1.50 bits per heavy atom. The lowest BCUT2D eigenvalue weighted by atomic mass is 9.94. The van der Waals surface area contributed by atoms with Gasteiger partial charge in [-0.25, -0.2) is 17.2 Å². The molecule has 0 radical (unpaired) electrons. The minimum atomic E-state index is -3.96. The number of benzene rings is 2. The van der Waals surface area contributed by atoms with Crippen molar-refractivity contribution in [3.05, 3.63) is 76.9 Å². The van der Waals surface area contributed by atoms with Crippen LogP contribution in [-0.2, 0) is 9.84 Å². The Balaban J connectivity index is 2.09. The van der Waals surface area contributed by atoms with E-state index in [1.165, 1.54) is 0 Å². The van der Waals surface area contributed by atoms with Gasteiger partial charge < -0.3 is 0 Å². The number of allylic oxidation sites excluding steroid dienone is 4. The third kappa shape index (κ3) is 3.04. The number of halogens is 2. The zero-order valence-corrected chi connectivity index (χ0v) is 14.1. The normalized spacial score (nSPS) is 14.5. The van der Waals surface area contributed by atoms with Gasteiger partial charge in [-0.3, -0.25) is 0 Å². The Labute approximate surface area is 140 Å². The highest BCUT2D eigenvalue weighted by molar-refractivity contribution is 7.90. The molecule has 1 aliphatic carbocycles. The van der Waals surface area contributed by atoms with E-state index >= 15 is 0 Å². The Morgan fingerprint density at radius 1 is 0.917 bits per heavy atom. The summed E-state index contributed by atoms with van der Waals surface area (Å²) in [4.78, 5) is -0.883. The Hall–Kier alpha value is -2.27. The van der Waals surface area contributed by atoms with E-state index in [1.54, 1.807) is 0 Å². The Bertz CT molecular complexity index is 963. The molecule has 124 valence electrons. The van der Waals surface area contributed by atoms with Crippen LogP contribution in [0.5, 0.6) is 0 Å². The standard InChI is InChI=1S/C19H16F2O2S/c1-12-5-3-6-13(9-12)15-7-4-8-16(15)14-10-17(20)19(18(21)11-14)24(2,22)23/h3,5-11H,4H2,1-2H3. The van der Waals surface area contributed by atoms with Gasteiger partial charge in [-0.15, -0.1) is 0 Å². The molecule has 2 nitrogen and oxygen atoms in total. The topological polar surface area (TPSA) is 34.1 Å². The number of aryl methyl sites for hydroxylation is 1. The summed E-state index contributed by atoms with van der Waals surface area (Å²) in [5.41, 5.74) is 3.99. The average Bonchev–Trinajstić information content (AvgIpc) is 2.94. The summed E-state index contributed by atoms with van der Waals surface area (Å²) in [6.45, 7) is 1.97. The number of rotatable bonds is 3. The van der Waals surface area contributed by atoms with Gasteiger partial charge in [0.1, 0.15) is 16.5 Å². The smallest absolute Gasteiger partial charge is 0.181 e. The molecule has 2 aromatic rings. The molecule has 0 aliphatic heterocycles. The van der Waals surface area contributed by atoms with Crippen LogP contribution in [0.1, 0.15) is 23.1 Å². The maximum absolute atomic E-state index is 14.2. The zero-order valence-electron chi connectivity index (χ0n) is 13.3. The summed E-state index contributed by atoms with van der Waals surface area (Å²) in [6, 6.07) is 10.0. The van der Waals surface area contributed by atoms with Gasteiger partial charge in [0.05, 0.1) is 0 Å². The van der Waals surface area contributed by atoms with E-state index in [9.17, 15) is 17.2 Å². The van der Waals surface area contributed by atoms with Crippen LogP contribution in [0.25, 0.3) is 11.1 Å². The Kier molecular flexibility index (Phi) is 4.13. The van der Waals surface area contributed by atoms with Crippen LogP contribution in [0.4, 0.5) is 8.78 Å². The van der Waals surface area contributed by atoms with Gasteiger partial charge in [0.15, 0.2) is 9.84 Å². The number of hydrogen-bond donors (Lipinski definition) is 0. The minimum Gasteiger partial charge on any atom is -0.224 e. The maximum Gasteiger partial charge on any atom is 0.181 e. The van der Waals surface area contributed by atoms with Gasteiger partial charge in [-0.05, 0) is 47.8 Å². The summed E-state index contributed by atoms with van der Waals surface area (Å²) in [6.07, 6.45) is 5.33. The van der Waals surface area contributed by atoms with Crippen molar-refractivity contribution in [1.29, 1.82) is 0 Å². The molecule has 2 aromatic carbocycles. The maximum atomic E-state index is 14.2. The van der Waals surface area contributed by atoms with E-state index in [4.69, 9.17) is 0 Å². The third-order valence-corrected chi connectivity index (χ3v) is 5.07. The molecular formula is C19H16F2O2S. The fraction of sp³-hybridized carbons (Fsp3) is 0.158. The molecular weight excluding hydrogens is 330 g/mol. The van der Waals surface area contributed by atoms with Crippen molar-refractivity contribution in [2.24, 2.45) is 0 Å². The molecule has 0 bridgehead atoms. The van der Waals surface area contributed by atoms with Crippen molar-refractivity contribution in [1.82, 2.24) is 0 Å². The molecule has 24 heavy (non-hydrogen) atoms. The third-order valence-electron chi connectivity index (χ3n) is 3.94. The second-order valence-electron chi connectivity index (χ2n) is 5.88. The second-order valence-corrected chi connectivity index (χ2v) is 7.83. The van der Waals surface area contributed by atoms with Crippen LogP contribution in [0.2, 0.25) is 0 Å². The van der Waals surface area contributed by atoms with Gasteiger partial charge >= 0.3 is 0 Å². The molecule has 0 saturated heterocycles. The van der Waals surface area contributed by atoms with Crippen molar-refractivity contribution >= 4 is 21.0 Å². The molecule has 0 heterocycles. The van der Waals surface area contributed by atoms with Gasteiger partial charge in [-0.1, -0.05) is 42.0 Å². The first-order chi connectivity index (χ1) is 11.3. The SMILES string of the molecule is Cc1cccc(C2=CCC=C2c2cc(F)c(S(C)(=O)=O)c(F)c2)c1. The second kappa shape index (κ2) is 5.98. The van der Waals surface area contributed by atoms with E-state index in [0.29, 0.717) is 17.6 Å². The average molecular weight is 346 g/mol. The molecule has 1 aliphatic rings. The van der Waals surface area contributed by atoms with E-state index in [1.807, 2.05) is 43.3 Å². The zero-order chi connectivity index (χ0) is 17.5. The van der Waals surface area contributed by atoms with Crippen molar-refractivity contribution in [2.45, 2.75) is 18.2 Å². The van der Waals surface area contributed by atoms with Gasteiger partial charge in [0.25, 0.3) is 0 Å². The van der Waals surface area contributed by atoms with Gasteiger partial charge in [-0.2, -0.15) is 0 Å². The first-order valence-electron chi connectivity index (χ1n) is 7.44. The number of sulfone groups is 1. The summed E-state index contributed by atoms with van der Waals surface area (Å²) in [7, 11) is -3.96.